The maximum absolute atomic E-state index is 13.0. The van der Waals surface area contributed by atoms with Crippen molar-refractivity contribution in [3.05, 3.63) is 66.2 Å². The van der Waals surface area contributed by atoms with E-state index in [0.717, 1.165) is 11.3 Å². The molecule has 0 aromatic heterocycles. The zero-order valence-electron chi connectivity index (χ0n) is 14.0. The van der Waals surface area contributed by atoms with Gasteiger partial charge in [-0.15, -0.1) is 0 Å². The fourth-order valence-electron chi connectivity index (χ4n) is 3.94. The Morgan fingerprint density at radius 1 is 1.04 bits per heavy atom. The van der Waals surface area contributed by atoms with Gasteiger partial charge < -0.3 is 10.2 Å². The van der Waals surface area contributed by atoms with Gasteiger partial charge in [0, 0.05) is 12.3 Å². The predicted octanol–water partition coefficient (Wildman–Crippen LogP) is 2.69. The van der Waals surface area contributed by atoms with Crippen molar-refractivity contribution >= 4 is 23.3 Å². The first-order valence-electron chi connectivity index (χ1n) is 8.69. The molecule has 1 spiro atoms. The zero-order chi connectivity index (χ0) is 17.7. The summed E-state index contributed by atoms with van der Waals surface area (Å²) in [6.07, 6.45) is 1.04. The Kier molecular flexibility index (Phi) is 3.16. The van der Waals surface area contributed by atoms with Crippen molar-refractivity contribution in [3.63, 3.8) is 0 Å². The van der Waals surface area contributed by atoms with Crippen molar-refractivity contribution in [3.8, 4) is 0 Å². The molecule has 0 unspecified atom stereocenters. The van der Waals surface area contributed by atoms with E-state index < -0.39 is 5.54 Å². The van der Waals surface area contributed by atoms with Gasteiger partial charge in [-0.2, -0.15) is 0 Å². The lowest BCUT2D eigenvalue weighted by molar-refractivity contribution is -0.120. The normalized spacial score (nSPS) is 29.5. The van der Waals surface area contributed by atoms with Crippen molar-refractivity contribution in [1.29, 1.82) is 0 Å². The molecule has 0 radical (unpaired) electrons. The van der Waals surface area contributed by atoms with E-state index in [1.807, 2.05) is 48.5 Å². The highest BCUT2D eigenvalue weighted by Gasteiger charge is 2.70. The molecule has 2 heterocycles. The maximum atomic E-state index is 13.0. The van der Waals surface area contributed by atoms with Crippen LogP contribution in [-0.2, 0) is 9.63 Å². The third-order valence-electron chi connectivity index (χ3n) is 5.40. The molecule has 1 N–H and O–H groups in total. The monoisotopic (exact) mass is 347 g/mol. The first kappa shape index (κ1) is 15.1. The summed E-state index contributed by atoms with van der Waals surface area (Å²) in [6.45, 7) is 0. The van der Waals surface area contributed by atoms with Crippen LogP contribution in [0, 0.1) is 5.92 Å². The summed E-state index contributed by atoms with van der Waals surface area (Å²) in [6, 6.07) is 18.5. The lowest BCUT2D eigenvalue weighted by Gasteiger charge is -2.14. The minimum Gasteiger partial charge on any atom is -0.391 e. The van der Waals surface area contributed by atoms with Crippen LogP contribution in [-0.4, -0.2) is 29.3 Å². The number of urea groups is 1. The van der Waals surface area contributed by atoms with Gasteiger partial charge in [-0.3, -0.25) is 4.79 Å². The number of carbonyl (C=O) groups excluding carboxylic acids is 2. The number of nitrogens with one attached hydrogen (secondary N) is 1. The summed E-state index contributed by atoms with van der Waals surface area (Å²) in [5, 5.41) is 7.09. The Morgan fingerprint density at radius 3 is 2.46 bits per heavy atom. The minimum atomic E-state index is -0.848. The fourth-order valence-corrected chi connectivity index (χ4v) is 3.94. The Hall–Kier alpha value is -3.15. The molecule has 2 aliphatic heterocycles. The van der Waals surface area contributed by atoms with E-state index in [4.69, 9.17) is 4.84 Å². The molecule has 6 heteroatoms. The highest BCUT2D eigenvalue weighted by atomic mass is 16.6. The van der Waals surface area contributed by atoms with Gasteiger partial charge in [-0.25, -0.2) is 9.69 Å². The number of amides is 3. The number of nitrogens with zero attached hydrogens (tertiary/aromatic N) is 2. The Labute approximate surface area is 150 Å². The number of imide groups is 1. The SMILES string of the molecule is O=C1N[C@]2(C[C@@H]2[C@H]2CC(c3ccccc3)=NO2)C(=O)N1c1ccccc1. The number of hydrogen-bond donors (Lipinski definition) is 1. The molecule has 3 amide bonds. The van der Waals surface area contributed by atoms with Gasteiger partial charge in [0.15, 0.2) is 0 Å². The van der Waals surface area contributed by atoms with Crippen molar-refractivity contribution in [1.82, 2.24) is 5.32 Å². The second-order valence-electron chi connectivity index (χ2n) is 6.94. The van der Waals surface area contributed by atoms with Crippen LogP contribution in [0.1, 0.15) is 18.4 Å². The Morgan fingerprint density at radius 2 is 1.73 bits per heavy atom. The van der Waals surface area contributed by atoms with Crippen LogP contribution in [0.25, 0.3) is 0 Å². The van der Waals surface area contributed by atoms with Crippen LogP contribution in [0.5, 0.6) is 0 Å². The van der Waals surface area contributed by atoms with Gasteiger partial charge in [0.05, 0.1) is 11.4 Å². The standard InChI is InChI=1S/C20H17N3O3/c24-18-20(21-19(25)23(18)14-9-5-2-6-10-14)12-15(20)17-11-16(22-26-17)13-7-3-1-4-8-13/h1-10,15,17H,11-12H2,(H,21,25)/t15-,17-,20+/m1/s1. The van der Waals surface area contributed by atoms with E-state index in [2.05, 4.69) is 10.5 Å². The number of anilines is 1. The third kappa shape index (κ3) is 2.15. The Bertz CT molecular complexity index is 912. The van der Waals surface area contributed by atoms with Crippen LogP contribution >= 0.6 is 0 Å². The number of carbonyl (C=O) groups is 2. The molecular weight excluding hydrogens is 330 g/mol. The lowest BCUT2D eigenvalue weighted by Crippen LogP contribution is -2.37. The first-order valence-corrected chi connectivity index (χ1v) is 8.69. The molecule has 2 aromatic carbocycles. The molecule has 130 valence electrons. The van der Waals surface area contributed by atoms with E-state index in [0.29, 0.717) is 18.5 Å². The number of para-hydroxylation sites is 1. The first-order chi connectivity index (χ1) is 12.7. The van der Waals surface area contributed by atoms with Crippen LogP contribution in [0.4, 0.5) is 10.5 Å². The van der Waals surface area contributed by atoms with Crippen molar-refractivity contribution in [2.45, 2.75) is 24.5 Å². The van der Waals surface area contributed by atoms with Crippen LogP contribution in [0.15, 0.2) is 65.8 Å². The van der Waals surface area contributed by atoms with Crippen molar-refractivity contribution < 1.29 is 14.4 Å². The van der Waals surface area contributed by atoms with Gasteiger partial charge in [0.25, 0.3) is 5.91 Å². The summed E-state index contributed by atoms with van der Waals surface area (Å²) in [5.41, 5.74) is 1.65. The number of oxime groups is 1. The fraction of sp³-hybridized carbons (Fsp3) is 0.250. The summed E-state index contributed by atoms with van der Waals surface area (Å²) in [5.74, 6) is -0.256. The molecular formula is C20H17N3O3. The molecule has 1 saturated carbocycles. The Balaban J connectivity index is 1.33. The quantitative estimate of drug-likeness (QED) is 0.868. The highest BCUT2D eigenvalue weighted by Crippen LogP contribution is 2.52. The number of rotatable bonds is 3. The van der Waals surface area contributed by atoms with Gasteiger partial charge in [0.2, 0.25) is 0 Å². The summed E-state index contributed by atoms with van der Waals surface area (Å²) < 4.78 is 0. The molecule has 26 heavy (non-hydrogen) atoms. The second-order valence-corrected chi connectivity index (χ2v) is 6.94. The summed E-state index contributed by atoms with van der Waals surface area (Å²) in [4.78, 5) is 32.2. The van der Waals surface area contributed by atoms with Gasteiger partial charge in [-0.1, -0.05) is 53.7 Å². The van der Waals surface area contributed by atoms with E-state index in [-0.39, 0.29) is 24.0 Å². The smallest absolute Gasteiger partial charge is 0.329 e. The molecule has 2 aromatic rings. The number of benzene rings is 2. The molecule has 6 nitrogen and oxygen atoms in total. The molecule has 3 aliphatic rings. The second kappa shape index (κ2) is 5.42. The number of hydrogen-bond acceptors (Lipinski definition) is 4. The molecule has 1 aliphatic carbocycles. The average molecular weight is 347 g/mol. The maximum Gasteiger partial charge on any atom is 0.329 e. The highest BCUT2D eigenvalue weighted by molar-refractivity contribution is 6.24. The van der Waals surface area contributed by atoms with E-state index in [1.54, 1.807) is 12.1 Å². The van der Waals surface area contributed by atoms with Crippen LogP contribution in [0.3, 0.4) is 0 Å². The topological polar surface area (TPSA) is 71.0 Å². The molecule has 3 atom stereocenters. The van der Waals surface area contributed by atoms with Crippen molar-refractivity contribution in [2.75, 3.05) is 4.90 Å². The van der Waals surface area contributed by atoms with Crippen LogP contribution < -0.4 is 10.2 Å². The summed E-state index contributed by atoms with van der Waals surface area (Å²) >= 11 is 0. The van der Waals surface area contributed by atoms with Gasteiger partial charge in [-0.05, 0) is 24.1 Å². The molecule has 0 bridgehead atoms. The van der Waals surface area contributed by atoms with Gasteiger partial charge in [0.1, 0.15) is 11.6 Å². The molecule has 2 fully saturated rings. The van der Waals surface area contributed by atoms with E-state index in [1.165, 1.54) is 4.90 Å². The molecule has 5 rings (SSSR count). The van der Waals surface area contributed by atoms with Gasteiger partial charge >= 0.3 is 6.03 Å². The minimum absolute atomic E-state index is 0.0578. The van der Waals surface area contributed by atoms with Crippen molar-refractivity contribution in [2.24, 2.45) is 11.1 Å². The third-order valence-corrected chi connectivity index (χ3v) is 5.40. The summed E-state index contributed by atoms with van der Waals surface area (Å²) in [7, 11) is 0. The lowest BCUT2D eigenvalue weighted by atomic mass is 10.0. The predicted molar refractivity (Wildman–Crippen MR) is 95.8 cm³/mol. The largest absolute Gasteiger partial charge is 0.391 e. The van der Waals surface area contributed by atoms with E-state index in [9.17, 15) is 9.59 Å². The van der Waals surface area contributed by atoms with E-state index >= 15 is 0 Å². The van der Waals surface area contributed by atoms with Crippen LogP contribution in [0.2, 0.25) is 0 Å². The molecule has 1 saturated heterocycles. The zero-order valence-corrected chi connectivity index (χ0v) is 14.0. The average Bonchev–Trinajstić information content (AvgIpc) is 3.08.